The fourth-order valence-corrected chi connectivity index (χ4v) is 1.71. The number of pyridine rings is 1. The Kier molecular flexibility index (Phi) is 2.45. The summed E-state index contributed by atoms with van der Waals surface area (Å²) in [5.74, 6) is 0. The second-order valence-electron chi connectivity index (χ2n) is 3.40. The lowest BCUT2D eigenvalue weighted by Crippen LogP contribution is -2.17. The molecule has 0 amide bonds. The number of hydrogen-bond donors (Lipinski definition) is 1. The molecule has 2 rings (SSSR count). The largest absolute Gasteiger partial charge is 0.392 e. The van der Waals surface area contributed by atoms with Crippen LogP contribution >= 0.6 is 0 Å². The SMILES string of the molecule is OCc1cncc(N2CCCC2)c1. The predicted octanol–water partition coefficient (Wildman–Crippen LogP) is 1.17. The Morgan fingerprint density at radius 1 is 1.31 bits per heavy atom. The van der Waals surface area contributed by atoms with Crippen LogP contribution in [0.25, 0.3) is 0 Å². The van der Waals surface area contributed by atoms with Crippen molar-refractivity contribution in [3.63, 3.8) is 0 Å². The highest BCUT2D eigenvalue weighted by atomic mass is 16.3. The van der Waals surface area contributed by atoms with Gasteiger partial charge < -0.3 is 10.0 Å². The topological polar surface area (TPSA) is 36.4 Å². The Hall–Kier alpha value is -1.09. The van der Waals surface area contributed by atoms with Gasteiger partial charge in [0.05, 0.1) is 18.5 Å². The first-order valence-electron chi connectivity index (χ1n) is 4.70. The minimum absolute atomic E-state index is 0.0781. The van der Waals surface area contributed by atoms with E-state index in [1.54, 1.807) is 6.20 Å². The summed E-state index contributed by atoms with van der Waals surface area (Å²) in [4.78, 5) is 6.41. The molecule has 1 N–H and O–H groups in total. The number of hydrogen-bond acceptors (Lipinski definition) is 3. The third-order valence-electron chi connectivity index (χ3n) is 2.43. The Balaban J connectivity index is 2.18. The van der Waals surface area contributed by atoms with Crippen molar-refractivity contribution in [2.75, 3.05) is 18.0 Å². The molecule has 0 radical (unpaired) electrons. The molecule has 3 heteroatoms. The van der Waals surface area contributed by atoms with Gasteiger partial charge in [0.1, 0.15) is 0 Å². The van der Waals surface area contributed by atoms with E-state index in [0.29, 0.717) is 0 Å². The summed E-state index contributed by atoms with van der Waals surface area (Å²) in [6.07, 6.45) is 6.11. The first kappa shape index (κ1) is 8.51. The minimum Gasteiger partial charge on any atom is -0.392 e. The molecule has 1 saturated heterocycles. The van der Waals surface area contributed by atoms with Crippen LogP contribution in [-0.4, -0.2) is 23.2 Å². The average Bonchev–Trinajstić information content (AvgIpc) is 2.71. The van der Waals surface area contributed by atoms with Crippen molar-refractivity contribution in [1.29, 1.82) is 0 Å². The molecule has 13 heavy (non-hydrogen) atoms. The van der Waals surface area contributed by atoms with Crippen LogP contribution in [0.3, 0.4) is 0 Å². The Bertz CT molecular complexity index is 282. The molecular weight excluding hydrogens is 164 g/mol. The highest BCUT2D eigenvalue weighted by molar-refractivity contribution is 5.46. The van der Waals surface area contributed by atoms with E-state index in [2.05, 4.69) is 9.88 Å². The van der Waals surface area contributed by atoms with Crippen LogP contribution in [0.15, 0.2) is 18.5 Å². The minimum atomic E-state index is 0.0781. The van der Waals surface area contributed by atoms with Crippen LogP contribution in [0.1, 0.15) is 18.4 Å². The standard InChI is InChI=1S/C10H14N2O/c13-8-9-5-10(7-11-6-9)12-3-1-2-4-12/h5-7,13H,1-4,8H2. The molecule has 0 spiro atoms. The van der Waals surface area contributed by atoms with E-state index in [4.69, 9.17) is 5.11 Å². The van der Waals surface area contributed by atoms with Crippen LogP contribution in [0.5, 0.6) is 0 Å². The van der Waals surface area contributed by atoms with Crippen LogP contribution in [0, 0.1) is 0 Å². The molecule has 2 heterocycles. The van der Waals surface area contributed by atoms with Crippen molar-refractivity contribution < 1.29 is 5.11 Å². The lowest BCUT2D eigenvalue weighted by atomic mass is 10.2. The molecule has 1 aliphatic rings. The van der Waals surface area contributed by atoms with Gasteiger partial charge in [0, 0.05) is 19.3 Å². The lowest BCUT2D eigenvalue weighted by Gasteiger charge is -2.17. The van der Waals surface area contributed by atoms with Gasteiger partial charge in [-0.25, -0.2) is 0 Å². The van der Waals surface area contributed by atoms with Crippen molar-refractivity contribution in [3.05, 3.63) is 24.0 Å². The van der Waals surface area contributed by atoms with Gasteiger partial charge in [-0.2, -0.15) is 0 Å². The number of anilines is 1. The first-order valence-corrected chi connectivity index (χ1v) is 4.70. The van der Waals surface area contributed by atoms with Gasteiger partial charge in [0.2, 0.25) is 0 Å². The maximum absolute atomic E-state index is 8.95. The predicted molar refractivity (Wildman–Crippen MR) is 51.6 cm³/mol. The van der Waals surface area contributed by atoms with E-state index >= 15 is 0 Å². The average molecular weight is 178 g/mol. The van der Waals surface area contributed by atoms with Crippen LogP contribution in [-0.2, 0) is 6.61 Å². The van der Waals surface area contributed by atoms with E-state index in [1.807, 2.05) is 12.3 Å². The Labute approximate surface area is 78.0 Å². The molecular formula is C10H14N2O. The quantitative estimate of drug-likeness (QED) is 0.738. The van der Waals surface area contributed by atoms with E-state index < -0.39 is 0 Å². The van der Waals surface area contributed by atoms with Crippen LogP contribution in [0.2, 0.25) is 0 Å². The van der Waals surface area contributed by atoms with Gasteiger partial charge >= 0.3 is 0 Å². The van der Waals surface area contributed by atoms with Gasteiger partial charge in [-0.15, -0.1) is 0 Å². The first-order chi connectivity index (χ1) is 6.40. The van der Waals surface area contributed by atoms with Gasteiger partial charge in [0.15, 0.2) is 0 Å². The van der Waals surface area contributed by atoms with Crippen molar-refractivity contribution in [2.24, 2.45) is 0 Å². The van der Waals surface area contributed by atoms with E-state index in [9.17, 15) is 0 Å². The third-order valence-corrected chi connectivity index (χ3v) is 2.43. The van der Waals surface area contributed by atoms with Gasteiger partial charge in [-0.3, -0.25) is 4.98 Å². The second kappa shape index (κ2) is 3.75. The fourth-order valence-electron chi connectivity index (χ4n) is 1.71. The van der Waals surface area contributed by atoms with E-state index in [1.165, 1.54) is 12.8 Å². The zero-order valence-electron chi connectivity index (χ0n) is 7.61. The van der Waals surface area contributed by atoms with E-state index in [0.717, 1.165) is 24.3 Å². The molecule has 70 valence electrons. The number of aromatic nitrogens is 1. The summed E-state index contributed by atoms with van der Waals surface area (Å²) < 4.78 is 0. The summed E-state index contributed by atoms with van der Waals surface area (Å²) in [7, 11) is 0. The third kappa shape index (κ3) is 1.80. The van der Waals surface area contributed by atoms with Crippen molar-refractivity contribution in [1.82, 2.24) is 4.98 Å². The highest BCUT2D eigenvalue weighted by Gasteiger charge is 2.12. The zero-order chi connectivity index (χ0) is 9.10. The van der Waals surface area contributed by atoms with Crippen LogP contribution < -0.4 is 4.90 Å². The van der Waals surface area contributed by atoms with Gasteiger partial charge in [-0.1, -0.05) is 0 Å². The van der Waals surface area contributed by atoms with Gasteiger partial charge in [-0.05, 0) is 24.5 Å². The maximum atomic E-state index is 8.95. The van der Waals surface area contributed by atoms with Crippen molar-refractivity contribution >= 4 is 5.69 Å². The molecule has 1 aliphatic heterocycles. The molecule has 1 aromatic heterocycles. The molecule has 3 nitrogen and oxygen atoms in total. The molecule has 0 aliphatic carbocycles. The van der Waals surface area contributed by atoms with Crippen molar-refractivity contribution in [3.8, 4) is 0 Å². The molecule has 0 aromatic carbocycles. The second-order valence-corrected chi connectivity index (χ2v) is 3.40. The molecule has 0 unspecified atom stereocenters. The number of aliphatic hydroxyl groups is 1. The monoisotopic (exact) mass is 178 g/mol. The molecule has 0 bridgehead atoms. The summed E-state index contributed by atoms with van der Waals surface area (Å²) in [5, 5.41) is 8.95. The Morgan fingerprint density at radius 3 is 2.77 bits per heavy atom. The van der Waals surface area contributed by atoms with E-state index in [-0.39, 0.29) is 6.61 Å². The molecule has 1 fully saturated rings. The lowest BCUT2D eigenvalue weighted by molar-refractivity contribution is 0.281. The normalized spacial score (nSPS) is 16.5. The summed E-state index contributed by atoms with van der Waals surface area (Å²) >= 11 is 0. The Morgan fingerprint density at radius 2 is 2.08 bits per heavy atom. The van der Waals surface area contributed by atoms with Crippen LogP contribution in [0.4, 0.5) is 5.69 Å². The fraction of sp³-hybridized carbons (Fsp3) is 0.500. The molecule has 1 aromatic rings. The number of rotatable bonds is 2. The summed E-state index contributed by atoms with van der Waals surface area (Å²) in [5.41, 5.74) is 2.04. The molecule has 0 saturated carbocycles. The van der Waals surface area contributed by atoms with Gasteiger partial charge in [0.25, 0.3) is 0 Å². The smallest absolute Gasteiger partial charge is 0.0697 e. The number of nitrogens with zero attached hydrogens (tertiary/aromatic N) is 2. The maximum Gasteiger partial charge on any atom is 0.0697 e. The zero-order valence-corrected chi connectivity index (χ0v) is 7.61. The number of aliphatic hydroxyl groups excluding tert-OH is 1. The highest BCUT2D eigenvalue weighted by Crippen LogP contribution is 2.19. The summed E-state index contributed by atoms with van der Waals surface area (Å²) in [6.45, 7) is 2.32. The molecule has 0 atom stereocenters. The summed E-state index contributed by atoms with van der Waals surface area (Å²) in [6, 6.07) is 2.01. The van der Waals surface area contributed by atoms with Crippen molar-refractivity contribution in [2.45, 2.75) is 19.4 Å².